The molecular formula is C21H24N2O4S. The van der Waals surface area contributed by atoms with Gasteiger partial charge in [0.2, 0.25) is 0 Å². The summed E-state index contributed by atoms with van der Waals surface area (Å²) < 4.78 is 19.3. The van der Waals surface area contributed by atoms with Crippen molar-refractivity contribution >= 4 is 27.5 Å². The highest BCUT2D eigenvalue weighted by atomic mass is 32.1. The SMILES string of the molecule is CCOCCn1c(=NC(=O)c2c(OC)cccc2OC)sc2cc(C)ccc21. The molecule has 0 saturated heterocycles. The lowest BCUT2D eigenvalue weighted by Gasteiger charge is -2.10. The molecule has 3 aromatic rings. The molecule has 0 spiro atoms. The van der Waals surface area contributed by atoms with Crippen molar-refractivity contribution in [2.75, 3.05) is 27.4 Å². The molecule has 3 rings (SSSR count). The second-order valence-corrected chi connectivity index (χ2v) is 7.17. The lowest BCUT2D eigenvalue weighted by Crippen LogP contribution is -2.20. The van der Waals surface area contributed by atoms with Crippen molar-refractivity contribution in [2.45, 2.75) is 20.4 Å². The average Bonchev–Trinajstić information content (AvgIpc) is 3.03. The lowest BCUT2D eigenvalue weighted by molar-refractivity contribution is 0.0990. The first-order chi connectivity index (χ1) is 13.6. The molecule has 0 atom stereocenters. The zero-order valence-corrected chi connectivity index (χ0v) is 17.3. The van der Waals surface area contributed by atoms with Crippen molar-refractivity contribution in [3.63, 3.8) is 0 Å². The third-order valence-electron chi connectivity index (χ3n) is 4.34. The Balaban J connectivity index is 2.13. The van der Waals surface area contributed by atoms with E-state index in [4.69, 9.17) is 14.2 Å². The molecule has 0 fully saturated rings. The molecule has 148 valence electrons. The highest BCUT2D eigenvalue weighted by Crippen LogP contribution is 2.29. The summed E-state index contributed by atoms with van der Waals surface area (Å²) in [6.45, 7) is 5.82. The summed E-state index contributed by atoms with van der Waals surface area (Å²) in [4.78, 5) is 18.1. The summed E-state index contributed by atoms with van der Waals surface area (Å²) >= 11 is 1.48. The van der Waals surface area contributed by atoms with E-state index in [9.17, 15) is 4.79 Å². The third-order valence-corrected chi connectivity index (χ3v) is 5.38. The van der Waals surface area contributed by atoms with Crippen LogP contribution in [0.1, 0.15) is 22.8 Å². The number of benzene rings is 2. The van der Waals surface area contributed by atoms with Crippen molar-refractivity contribution in [1.29, 1.82) is 0 Å². The van der Waals surface area contributed by atoms with Crippen LogP contribution in [0.25, 0.3) is 10.2 Å². The van der Waals surface area contributed by atoms with Crippen molar-refractivity contribution < 1.29 is 19.0 Å². The molecule has 0 aliphatic carbocycles. The standard InChI is InChI=1S/C21H24N2O4S/c1-5-27-12-11-23-15-10-9-14(2)13-18(15)28-21(23)22-20(24)19-16(25-3)7-6-8-17(19)26-4/h6-10,13H,5,11-12H2,1-4H3. The highest BCUT2D eigenvalue weighted by molar-refractivity contribution is 7.16. The van der Waals surface area contributed by atoms with E-state index in [1.54, 1.807) is 18.2 Å². The van der Waals surface area contributed by atoms with E-state index in [1.807, 2.05) is 18.4 Å². The van der Waals surface area contributed by atoms with Crippen LogP contribution < -0.4 is 14.3 Å². The molecule has 2 aromatic carbocycles. The summed E-state index contributed by atoms with van der Waals surface area (Å²) in [6.07, 6.45) is 0. The Kier molecular flexibility index (Phi) is 6.49. The van der Waals surface area contributed by atoms with Crippen molar-refractivity contribution in [3.05, 3.63) is 52.3 Å². The van der Waals surface area contributed by atoms with Gasteiger partial charge in [-0.2, -0.15) is 4.99 Å². The molecule has 28 heavy (non-hydrogen) atoms. The van der Waals surface area contributed by atoms with E-state index in [-0.39, 0.29) is 0 Å². The van der Waals surface area contributed by atoms with E-state index in [1.165, 1.54) is 25.6 Å². The molecule has 0 aliphatic heterocycles. The third kappa shape index (κ3) is 4.10. The fraction of sp³-hybridized carbons (Fsp3) is 0.333. The molecule has 1 heterocycles. The van der Waals surface area contributed by atoms with Crippen LogP contribution in [-0.2, 0) is 11.3 Å². The summed E-state index contributed by atoms with van der Waals surface area (Å²) in [5.41, 5.74) is 2.52. The van der Waals surface area contributed by atoms with E-state index < -0.39 is 5.91 Å². The summed E-state index contributed by atoms with van der Waals surface area (Å²) in [7, 11) is 3.05. The number of ether oxygens (including phenoxy) is 3. The van der Waals surface area contributed by atoms with Gasteiger partial charge in [-0.25, -0.2) is 0 Å². The minimum absolute atomic E-state index is 0.317. The largest absolute Gasteiger partial charge is 0.496 e. The minimum atomic E-state index is -0.400. The molecule has 0 N–H and O–H groups in total. The molecule has 1 amide bonds. The highest BCUT2D eigenvalue weighted by Gasteiger charge is 2.18. The number of methoxy groups -OCH3 is 2. The molecule has 0 aliphatic rings. The van der Waals surface area contributed by atoms with Crippen LogP contribution in [-0.4, -0.2) is 37.9 Å². The molecule has 7 heteroatoms. The Labute approximate surface area is 168 Å². The van der Waals surface area contributed by atoms with Gasteiger partial charge >= 0.3 is 0 Å². The van der Waals surface area contributed by atoms with E-state index in [0.717, 1.165) is 15.8 Å². The summed E-state index contributed by atoms with van der Waals surface area (Å²) in [5, 5.41) is 0. The molecule has 6 nitrogen and oxygen atoms in total. The maximum Gasteiger partial charge on any atom is 0.287 e. The number of fused-ring (bicyclic) bond motifs is 1. The molecule has 1 aromatic heterocycles. The monoisotopic (exact) mass is 400 g/mol. The summed E-state index contributed by atoms with van der Waals surface area (Å²) in [5.74, 6) is 0.472. The average molecular weight is 401 g/mol. The van der Waals surface area contributed by atoms with Crippen LogP contribution in [0.5, 0.6) is 11.5 Å². The van der Waals surface area contributed by atoms with Crippen molar-refractivity contribution in [2.24, 2.45) is 4.99 Å². The first kappa shape index (κ1) is 20.1. The number of hydrogen-bond acceptors (Lipinski definition) is 5. The molecule has 0 unspecified atom stereocenters. The molecule has 0 radical (unpaired) electrons. The first-order valence-electron chi connectivity index (χ1n) is 9.06. The normalized spacial score (nSPS) is 11.8. The lowest BCUT2D eigenvalue weighted by atomic mass is 10.1. The number of rotatable bonds is 7. The Morgan fingerprint density at radius 1 is 1.14 bits per heavy atom. The zero-order chi connectivity index (χ0) is 20.1. The Morgan fingerprint density at radius 3 is 2.50 bits per heavy atom. The van der Waals surface area contributed by atoms with Gasteiger partial charge in [-0.05, 0) is 43.7 Å². The Morgan fingerprint density at radius 2 is 1.86 bits per heavy atom. The predicted octanol–water partition coefficient (Wildman–Crippen LogP) is 3.81. The van der Waals surface area contributed by atoms with Crippen LogP contribution in [0.2, 0.25) is 0 Å². The van der Waals surface area contributed by atoms with Crippen LogP contribution >= 0.6 is 11.3 Å². The van der Waals surface area contributed by atoms with Crippen molar-refractivity contribution in [3.8, 4) is 11.5 Å². The van der Waals surface area contributed by atoms with Crippen LogP contribution in [0, 0.1) is 6.92 Å². The smallest absolute Gasteiger partial charge is 0.287 e. The van der Waals surface area contributed by atoms with E-state index >= 15 is 0 Å². The zero-order valence-electron chi connectivity index (χ0n) is 16.5. The fourth-order valence-corrected chi connectivity index (χ4v) is 4.14. The van der Waals surface area contributed by atoms with Crippen LogP contribution in [0.15, 0.2) is 41.4 Å². The Hall–Kier alpha value is -2.64. The predicted molar refractivity (Wildman–Crippen MR) is 110 cm³/mol. The quantitative estimate of drug-likeness (QED) is 0.566. The van der Waals surface area contributed by atoms with Gasteiger partial charge < -0.3 is 18.8 Å². The number of amides is 1. The number of nitrogens with zero attached hydrogens (tertiary/aromatic N) is 2. The number of carbonyl (C=O) groups excluding carboxylic acids is 1. The number of carbonyl (C=O) groups is 1. The van der Waals surface area contributed by atoms with Crippen molar-refractivity contribution in [1.82, 2.24) is 4.57 Å². The number of aromatic nitrogens is 1. The summed E-state index contributed by atoms with van der Waals surface area (Å²) in [6, 6.07) is 11.4. The van der Waals surface area contributed by atoms with Crippen LogP contribution in [0.4, 0.5) is 0 Å². The molecule has 0 bridgehead atoms. The topological polar surface area (TPSA) is 62.1 Å². The van der Waals surface area contributed by atoms with Gasteiger partial charge in [-0.1, -0.05) is 23.5 Å². The van der Waals surface area contributed by atoms with Gasteiger partial charge in [0.15, 0.2) is 4.80 Å². The van der Waals surface area contributed by atoms with Gasteiger partial charge in [0, 0.05) is 13.2 Å². The molecular weight excluding hydrogens is 376 g/mol. The van der Waals surface area contributed by atoms with E-state index in [0.29, 0.717) is 41.6 Å². The maximum atomic E-state index is 13.0. The van der Waals surface area contributed by atoms with E-state index in [2.05, 4.69) is 23.2 Å². The minimum Gasteiger partial charge on any atom is -0.496 e. The Bertz CT molecular complexity index is 1030. The van der Waals surface area contributed by atoms with Gasteiger partial charge in [-0.3, -0.25) is 4.79 Å². The number of thiazole rings is 1. The van der Waals surface area contributed by atoms with Gasteiger partial charge in [0.05, 0.1) is 31.0 Å². The van der Waals surface area contributed by atoms with Crippen LogP contribution in [0.3, 0.4) is 0 Å². The number of aryl methyl sites for hydroxylation is 1. The second kappa shape index (κ2) is 9.03. The maximum absolute atomic E-state index is 13.0. The van der Waals surface area contributed by atoms with Gasteiger partial charge in [0.1, 0.15) is 17.1 Å². The second-order valence-electron chi connectivity index (χ2n) is 6.16. The van der Waals surface area contributed by atoms with Gasteiger partial charge in [-0.15, -0.1) is 0 Å². The number of hydrogen-bond donors (Lipinski definition) is 0. The first-order valence-corrected chi connectivity index (χ1v) is 9.88. The molecule has 0 saturated carbocycles. The fourth-order valence-electron chi connectivity index (χ4n) is 2.99. The van der Waals surface area contributed by atoms with Gasteiger partial charge in [0.25, 0.3) is 5.91 Å².